The van der Waals surface area contributed by atoms with Crippen LogP contribution in [-0.4, -0.2) is 15.3 Å². The molecule has 2 aliphatic rings. The van der Waals surface area contributed by atoms with Gasteiger partial charge >= 0.3 is 0 Å². The van der Waals surface area contributed by atoms with Crippen LogP contribution in [0.2, 0.25) is 0 Å². The molecule has 3 aromatic carbocycles. The van der Waals surface area contributed by atoms with Crippen molar-refractivity contribution < 1.29 is 15.3 Å². The van der Waals surface area contributed by atoms with E-state index in [0.29, 0.717) is 23.2 Å². The predicted octanol–water partition coefficient (Wildman–Crippen LogP) is 7.41. The summed E-state index contributed by atoms with van der Waals surface area (Å²) in [5.74, 6) is 1.63. The normalized spacial score (nSPS) is 19.8. The number of phenols is 3. The lowest BCUT2D eigenvalue weighted by atomic mass is 9.56. The molecule has 0 amide bonds. The van der Waals surface area contributed by atoms with Crippen LogP contribution in [-0.2, 0) is 10.8 Å². The largest absolute Gasteiger partial charge is 0.508 e. The SMILES string of the molecule is Cc1cc(C2(c3ccc(O)c(C)c3)CCC(C3(c4ccc(O)cc4)CCCC3)CC2)ccc1O. The molecule has 2 fully saturated rings. The third-order valence-corrected chi connectivity index (χ3v) is 9.06. The summed E-state index contributed by atoms with van der Waals surface area (Å²) >= 11 is 0. The van der Waals surface area contributed by atoms with Crippen molar-refractivity contribution in [1.29, 1.82) is 0 Å². The lowest BCUT2D eigenvalue weighted by molar-refractivity contribution is 0.166. The average Bonchev–Trinajstić information content (AvgIpc) is 3.34. The number of phenolic OH excluding ortho intramolecular Hbond substituents is 3. The molecule has 3 N–H and O–H groups in total. The number of rotatable bonds is 4. The monoisotopic (exact) mass is 456 g/mol. The van der Waals surface area contributed by atoms with Gasteiger partial charge in [-0.15, -0.1) is 0 Å². The maximum Gasteiger partial charge on any atom is 0.118 e. The van der Waals surface area contributed by atoms with Crippen molar-refractivity contribution in [2.75, 3.05) is 0 Å². The fraction of sp³-hybridized carbons (Fsp3) is 0.419. The van der Waals surface area contributed by atoms with E-state index in [4.69, 9.17) is 0 Å². The molecule has 0 unspecified atom stereocenters. The number of aromatic hydroxyl groups is 3. The molecule has 0 heterocycles. The van der Waals surface area contributed by atoms with Crippen molar-refractivity contribution in [2.45, 2.75) is 76.0 Å². The minimum atomic E-state index is -0.123. The van der Waals surface area contributed by atoms with E-state index < -0.39 is 0 Å². The zero-order valence-electron chi connectivity index (χ0n) is 20.3. The van der Waals surface area contributed by atoms with Gasteiger partial charge in [0.1, 0.15) is 17.2 Å². The van der Waals surface area contributed by atoms with Crippen LogP contribution in [0.15, 0.2) is 60.7 Å². The molecule has 0 radical (unpaired) electrons. The molecule has 0 spiro atoms. The first kappa shape index (κ1) is 22.8. The van der Waals surface area contributed by atoms with Crippen LogP contribution < -0.4 is 0 Å². The van der Waals surface area contributed by atoms with Gasteiger partial charge in [0.15, 0.2) is 0 Å². The summed E-state index contributed by atoms with van der Waals surface area (Å²) in [5.41, 5.74) is 5.81. The Morgan fingerprint density at radius 3 is 1.56 bits per heavy atom. The Balaban J connectivity index is 1.53. The molecule has 0 aliphatic heterocycles. The topological polar surface area (TPSA) is 60.7 Å². The number of aryl methyl sites for hydroxylation is 2. The molecule has 3 aromatic rings. The molecular formula is C31H36O3. The number of benzene rings is 3. The summed E-state index contributed by atoms with van der Waals surface area (Å²) in [6.07, 6.45) is 9.38. The quantitative estimate of drug-likeness (QED) is 0.383. The summed E-state index contributed by atoms with van der Waals surface area (Å²) in [6.45, 7) is 3.94. The minimum absolute atomic E-state index is 0.123. The Kier molecular flexibility index (Phi) is 5.83. The Bertz CT molecular complexity index is 1110. The first-order valence-corrected chi connectivity index (χ1v) is 12.7. The van der Waals surface area contributed by atoms with E-state index in [1.54, 1.807) is 0 Å². The predicted molar refractivity (Wildman–Crippen MR) is 137 cm³/mol. The third kappa shape index (κ3) is 3.76. The fourth-order valence-corrected chi connectivity index (χ4v) is 7.05. The van der Waals surface area contributed by atoms with E-state index in [2.05, 4.69) is 36.4 Å². The van der Waals surface area contributed by atoms with E-state index in [1.807, 2.05) is 38.1 Å². The standard InChI is InChI=1S/C31H36O3/c1-21-19-25(7-11-28(21)33)31(26-8-12-29(34)22(2)20-26)17-13-24(14-18-31)30(15-3-4-16-30)23-5-9-27(32)10-6-23/h5-12,19-20,24,32-34H,3-4,13-18H2,1-2H3. The molecule has 0 saturated heterocycles. The smallest absolute Gasteiger partial charge is 0.118 e. The summed E-state index contributed by atoms with van der Waals surface area (Å²) in [7, 11) is 0. The molecule has 34 heavy (non-hydrogen) atoms. The van der Waals surface area contributed by atoms with Crippen LogP contribution >= 0.6 is 0 Å². The Morgan fingerprint density at radius 1 is 0.618 bits per heavy atom. The van der Waals surface area contributed by atoms with Gasteiger partial charge in [0.2, 0.25) is 0 Å². The highest BCUT2D eigenvalue weighted by Gasteiger charge is 2.47. The second kappa shape index (κ2) is 8.69. The summed E-state index contributed by atoms with van der Waals surface area (Å²) in [4.78, 5) is 0. The highest BCUT2D eigenvalue weighted by atomic mass is 16.3. The third-order valence-electron chi connectivity index (χ3n) is 9.06. The maximum atomic E-state index is 10.2. The van der Waals surface area contributed by atoms with Gasteiger partial charge in [-0.3, -0.25) is 0 Å². The zero-order valence-corrected chi connectivity index (χ0v) is 20.3. The van der Waals surface area contributed by atoms with Gasteiger partial charge in [-0.1, -0.05) is 49.2 Å². The van der Waals surface area contributed by atoms with E-state index in [1.165, 1.54) is 42.4 Å². The molecule has 178 valence electrons. The molecule has 0 bridgehead atoms. The molecular weight excluding hydrogens is 420 g/mol. The van der Waals surface area contributed by atoms with E-state index in [9.17, 15) is 15.3 Å². The van der Waals surface area contributed by atoms with Gasteiger partial charge < -0.3 is 15.3 Å². The number of hydrogen-bond acceptors (Lipinski definition) is 3. The van der Waals surface area contributed by atoms with Crippen molar-refractivity contribution in [1.82, 2.24) is 0 Å². The molecule has 3 heteroatoms. The average molecular weight is 457 g/mol. The first-order valence-electron chi connectivity index (χ1n) is 12.7. The fourth-order valence-electron chi connectivity index (χ4n) is 7.05. The second-order valence-electron chi connectivity index (χ2n) is 10.8. The lowest BCUT2D eigenvalue weighted by Gasteiger charge is -2.47. The van der Waals surface area contributed by atoms with Gasteiger partial charge in [-0.2, -0.15) is 0 Å². The van der Waals surface area contributed by atoms with Gasteiger partial charge in [-0.25, -0.2) is 0 Å². The van der Waals surface area contributed by atoms with Gasteiger partial charge in [0.25, 0.3) is 0 Å². The Morgan fingerprint density at radius 2 is 1.09 bits per heavy atom. The molecule has 0 atom stereocenters. The first-order chi connectivity index (χ1) is 16.3. The molecule has 3 nitrogen and oxygen atoms in total. The Hall–Kier alpha value is -2.94. The van der Waals surface area contributed by atoms with Crippen molar-refractivity contribution >= 4 is 0 Å². The Labute approximate surface area is 203 Å². The molecule has 2 saturated carbocycles. The van der Waals surface area contributed by atoms with Crippen molar-refractivity contribution in [3.05, 3.63) is 88.5 Å². The van der Waals surface area contributed by atoms with E-state index in [-0.39, 0.29) is 10.8 Å². The maximum absolute atomic E-state index is 10.2. The minimum Gasteiger partial charge on any atom is -0.508 e. The van der Waals surface area contributed by atoms with Crippen LogP contribution in [0, 0.1) is 19.8 Å². The van der Waals surface area contributed by atoms with Gasteiger partial charge in [0.05, 0.1) is 0 Å². The van der Waals surface area contributed by atoms with Gasteiger partial charge in [-0.05, 0) is 116 Å². The van der Waals surface area contributed by atoms with Crippen LogP contribution in [0.5, 0.6) is 17.2 Å². The van der Waals surface area contributed by atoms with Crippen LogP contribution in [0.25, 0.3) is 0 Å². The summed E-state index contributed by atoms with van der Waals surface area (Å²) < 4.78 is 0. The highest BCUT2D eigenvalue weighted by molar-refractivity contribution is 5.48. The van der Waals surface area contributed by atoms with Gasteiger partial charge in [0, 0.05) is 5.41 Å². The van der Waals surface area contributed by atoms with E-state index in [0.717, 1.165) is 36.8 Å². The lowest BCUT2D eigenvalue weighted by Crippen LogP contribution is -2.40. The van der Waals surface area contributed by atoms with Crippen molar-refractivity contribution in [2.24, 2.45) is 5.92 Å². The second-order valence-corrected chi connectivity index (χ2v) is 10.8. The van der Waals surface area contributed by atoms with Crippen molar-refractivity contribution in [3.63, 3.8) is 0 Å². The van der Waals surface area contributed by atoms with E-state index >= 15 is 0 Å². The molecule has 2 aliphatic carbocycles. The zero-order chi connectivity index (χ0) is 23.9. The molecule has 5 rings (SSSR count). The highest BCUT2D eigenvalue weighted by Crippen LogP contribution is 2.56. The van der Waals surface area contributed by atoms with Crippen LogP contribution in [0.4, 0.5) is 0 Å². The van der Waals surface area contributed by atoms with Crippen LogP contribution in [0.1, 0.15) is 79.2 Å². The van der Waals surface area contributed by atoms with Crippen LogP contribution in [0.3, 0.4) is 0 Å². The van der Waals surface area contributed by atoms with Crippen molar-refractivity contribution in [3.8, 4) is 17.2 Å². The summed E-state index contributed by atoms with van der Waals surface area (Å²) in [6, 6.07) is 20.2. The molecule has 0 aromatic heterocycles. The number of hydrogen-bond donors (Lipinski definition) is 3. The summed E-state index contributed by atoms with van der Waals surface area (Å²) in [5, 5.41) is 30.2.